The molecule has 0 saturated carbocycles. The number of anilines is 1. The molecule has 0 unspecified atom stereocenters. The van der Waals surface area contributed by atoms with E-state index < -0.39 is 0 Å². The van der Waals surface area contributed by atoms with Crippen molar-refractivity contribution >= 4 is 33.0 Å². The van der Waals surface area contributed by atoms with Crippen LogP contribution in [0.5, 0.6) is 11.5 Å². The molecule has 1 aliphatic rings. The first-order valence-corrected chi connectivity index (χ1v) is 6.85. The van der Waals surface area contributed by atoms with Crippen LogP contribution in [0.3, 0.4) is 0 Å². The van der Waals surface area contributed by atoms with Gasteiger partial charge in [-0.05, 0) is 45.1 Å². The fourth-order valence-electron chi connectivity index (χ4n) is 1.65. The van der Waals surface area contributed by atoms with Crippen LogP contribution in [0.25, 0.3) is 0 Å². The van der Waals surface area contributed by atoms with Gasteiger partial charge < -0.3 is 14.8 Å². The highest BCUT2D eigenvalue weighted by molar-refractivity contribution is 9.11. The molecule has 1 aromatic carbocycles. The smallest absolute Gasteiger partial charge is 0.231 e. The van der Waals surface area contributed by atoms with Crippen molar-refractivity contribution in [2.45, 2.75) is 6.54 Å². The van der Waals surface area contributed by atoms with E-state index in [2.05, 4.69) is 32.7 Å². The minimum absolute atomic E-state index is 0.316. The molecule has 17 heavy (non-hydrogen) atoms. The Morgan fingerprint density at radius 1 is 1.24 bits per heavy atom. The van der Waals surface area contributed by atoms with Gasteiger partial charge in [0.25, 0.3) is 0 Å². The van der Waals surface area contributed by atoms with Crippen LogP contribution in [-0.4, -0.2) is 6.79 Å². The van der Waals surface area contributed by atoms with Gasteiger partial charge in [-0.25, -0.2) is 0 Å². The summed E-state index contributed by atoms with van der Waals surface area (Å²) in [6.07, 6.45) is 0. The quantitative estimate of drug-likeness (QED) is 0.934. The number of thiophene rings is 1. The van der Waals surface area contributed by atoms with Crippen LogP contribution < -0.4 is 14.8 Å². The van der Waals surface area contributed by atoms with E-state index in [4.69, 9.17) is 9.47 Å². The van der Waals surface area contributed by atoms with Gasteiger partial charge in [-0.2, -0.15) is 0 Å². The molecule has 1 N–H and O–H groups in total. The predicted molar refractivity (Wildman–Crippen MR) is 71.9 cm³/mol. The summed E-state index contributed by atoms with van der Waals surface area (Å²) in [7, 11) is 0. The third-order valence-corrected chi connectivity index (χ3v) is 4.04. The van der Waals surface area contributed by atoms with Gasteiger partial charge in [-0.15, -0.1) is 11.3 Å². The van der Waals surface area contributed by atoms with Crippen molar-refractivity contribution in [1.29, 1.82) is 0 Å². The SMILES string of the molecule is Brc1cc(CNc2ccc3c(c2)OCO3)cs1. The highest BCUT2D eigenvalue weighted by Gasteiger charge is 2.12. The van der Waals surface area contributed by atoms with Gasteiger partial charge in [-0.3, -0.25) is 0 Å². The average molecular weight is 312 g/mol. The van der Waals surface area contributed by atoms with Gasteiger partial charge in [0.05, 0.1) is 3.79 Å². The number of fused-ring (bicyclic) bond motifs is 1. The largest absolute Gasteiger partial charge is 0.454 e. The molecule has 1 aromatic heterocycles. The van der Waals surface area contributed by atoms with Crippen LogP contribution >= 0.6 is 27.3 Å². The highest BCUT2D eigenvalue weighted by Crippen LogP contribution is 2.34. The molecule has 0 bridgehead atoms. The molecule has 0 saturated heterocycles. The van der Waals surface area contributed by atoms with Crippen LogP contribution in [0, 0.1) is 0 Å². The van der Waals surface area contributed by atoms with Gasteiger partial charge in [0.2, 0.25) is 6.79 Å². The van der Waals surface area contributed by atoms with E-state index in [0.717, 1.165) is 27.5 Å². The Bertz CT molecular complexity index is 541. The first-order chi connectivity index (χ1) is 8.31. The maximum absolute atomic E-state index is 5.33. The van der Waals surface area contributed by atoms with Crippen molar-refractivity contribution in [3.63, 3.8) is 0 Å². The van der Waals surface area contributed by atoms with E-state index in [9.17, 15) is 0 Å². The lowest BCUT2D eigenvalue weighted by Gasteiger charge is -2.05. The Morgan fingerprint density at radius 3 is 2.94 bits per heavy atom. The fourth-order valence-corrected chi connectivity index (χ4v) is 2.86. The van der Waals surface area contributed by atoms with E-state index in [1.165, 1.54) is 5.56 Å². The van der Waals surface area contributed by atoms with Crippen LogP contribution in [0.15, 0.2) is 33.4 Å². The molecule has 3 nitrogen and oxygen atoms in total. The zero-order valence-electron chi connectivity index (χ0n) is 8.90. The Labute approximate surface area is 111 Å². The summed E-state index contributed by atoms with van der Waals surface area (Å²) in [5.41, 5.74) is 2.30. The highest BCUT2D eigenvalue weighted by atomic mass is 79.9. The third kappa shape index (κ3) is 2.40. The lowest BCUT2D eigenvalue weighted by Crippen LogP contribution is -1.97. The molecule has 1 aliphatic heterocycles. The van der Waals surface area contributed by atoms with Crippen LogP contribution in [0.2, 0.25) is 0 Å². The number of benzene rings is 1. The van der Waals surface area contributed by atoms with Gasteiger partial charge in [0.15, 0.2) is 11.5 Å². The average Bonchev–Trinajstić information content (AvgIpc) is 2.94. The summed E-state index contributed by atoms with van der Waals surface area (Å²) in [6.45, 7) is 1.12. The Balaban J connectivity index is 1.69. The second-order valence-electron chi connectivity index (χ2n) is 3.68. The lowest BCUT2D eigenvalue weighted by atomic mass is 10.2. The summed E-state index contributed by atoms with van der Waals surface area (Å²) in [5, 5.41) is 5.48. The second kappa shape index (κ2) is 4.58. The number of hydrogen-bond donors (Lipinski definition) is 1. The molecule has 88 valence electrons. The van der Waals surface area contributed by atoms with E-state index >= 15 is 0 Å². The molecule has 0 aliphatic carbocycles. The zero-order valence-corrected chi connectivity index (χ0v) is 11.3. The fraction of sp³-hybridized carbons (Fsp3) is 0.167. The first kappa shape index (κ1) is 10.9. The Kier molecular flexibility index (Phi) is 2.94. The van der Waals surface area contributed by atoms with Crippen molar-refractivity contribution in [3.05, 3.63) is 39.0 Å². The van der Waals surface area contributed by atoms with Crippen LogP contribution in [0.1, 0.15) is 5.56 Å². The van der Waals surface area contributed by atoms with Crippen molar-refractivity contribution in [2.24, 2.45) is 0 Å². The van der Waals surface area contributed by atoms with Gasteiger partial charge in [0, 0.05) is 18.3 Å². The molecular weight excluding hydrogens is 302 g/mol. The standard InChI is InChI=1S/C12H10BrNO2S/c13-12-3-8(6-17-12)5-14-9-1-2-10-11(4-9)16-7-15-10/h1-4,6,14H,5,7H2. The molecule has 3 rings (SSSR count). The minimum atomic E-state index is 0.316. The molecule has 0 spiro atoms. The lowest BCUT2D eigenvalue weighted by molar-refractivity contribution is 0.174. The van der Waals surface area contributed by atoms with Crippen molar-refractivity contribution in [2.75, 3.05) is 12.1 Å². The molecule has 0 fully saturated rings. The van der Waals surface area contributed by atoms with Crippen molar-refractivity contribution < 1.29 is 9.47 Å². The van der Waals surface area contributed by atoms with E-state index in [1.54, 1.807) is 11.3 Å². The monoisotopic (exact) mass is 311 g/mol. The summed E-state index contributed by atoms with van der Waals surface area (Å²) >= 11 is 5.14. The van der Waals surface area contributed by atoms with E-state index in [-0.39, 0.29) is 0 Å². The molecule has 5 heteroatoms. The first-order valence-electron chi connectivity index (χ1n) is 5.18. The molecule has 0 amide bonds. The van der Waals surface area contributed by atoms with Gasteiger partial charge in [-0.1, -0.05) is 0 Å². The maximum atomic E-state index is 5.33. The number of halogens is 1. The number of nitrogens with one attached hydrogen (secondary N) is 1. The molecule has 2 aromatic rings. The zero-order chi connectivity index (χ0) is 11.7. The van der Waals surface area contributed by atoms with E-state index in [0.29, 0.717) is 6.79 Å². The van der Waals surface area contributed by atoms with Crippen molar-refractivity contribution in [1.82, 2.24) is 0 Å². The Morgan fingerprint density at radius 2 is 2.12 bits per heavy atom. The molecule has 2 heterocycles. The maximum Gasteiger partial charge on any atom is 0.231 e. The second-order valence-corrected chi connectivity index (χ2v) is 5.97. The van der Waals surface area contributed by atoms with Gasteiger partial charge >= 0.3 is 0 Å². The third-order valence-electron chi connectivity index (χ3n) is 2.49. The normalized spacial score (nSPS) is 12.8. The predicted octanol–water partition coefficient (Wildman–Crippen LogP) is 3.85. The van der Waals surface area contributed by atoms with Crippen LogP contribution in [0.4, 0.5) is 5.69 Å². The van der Waals surface area contributed by atoms with E-state index in [1.807, 2.05) is 18.2 Å². The molecule has 0 atom stereocenters. The Hall–Kier alpha value is -1.20. The van der Waals surface area contributed by atoms with Crippen LogP contribution in [-0.2, 0) is 6.54 Å². The number of hydrogen-bond acceptors (Lipinski definition) is 4. The summed E-state index contributed by atoms with van der Waals surface area (Å²) in [5.74, 6) is 1.62. The summed E-state index contributed by atoms with van der Waals surface area (Å²) < 4.78 is 11.7. The van der Waals surface area contributed by atoms with Crippen molar-refractivity contribution in [3.8, 4) is 11.5 Å². The van der Waals surface area contributed by atoms with Gasteiger partial charge in [0.1, 0.15) is 0 Å². The summed E-state index contributed by atoms with van der Waals surface area (Å²) in [4.78, 5) is 0. The number of ether oxygens (including phenoxy) is 2. The topological polar surface area (TPSA) is 30.5 Å². The molecule has 0 radical (unpaired) electrons. The summed E-state index contributed by atoms with van der Waals surface area (Å²) in [6, 6.07) is 8.00. The number of rotatable bonds is 3. The minimum Gasteiger partial charge on any atom is -0.454 e. The molecular formula is C12H10BrNO2S.